The number of ether oxygens (including phenoxy) is 2. The average Bonchev–Trinajstić information content (AvgIpc) is 2.70. The number of methoxy groups -OCH3 is 1. The highest BCUT2D eigenvalue weighted by molar-refractivity contribution is 9.13. The van der Waals surface area contributed by atoms with Gasteiger partial charge in [-0.3, -0.25) is 4.79 Å². The zero-order valence-electron chi connectivity index (χ0n) is 15.2. The molecule has 1 aromatic heterocycles. The van der Waals surface area contributed by atoms with Crippen molar-refractivity contribution in [3.63, 3.8) is 0 Å². The summed E-state index contributed by atoms with van der Waals surface area (Å²) in [6.07, 6.45) is 1.52. The van der Waals surface area contributed by atoms with Crippen molar-refractivity contribution in [3.05, 3.63) is 59.4 Å². The molecule has 3 rings (SSSR count). The lowest BCUT2D eigenvalue weighted by Crippen LogP contribution is -2.20. The topological polar surface area (TPSA) is 89.5 Å². The second-order valence-corrected chi connectivity index (χ2v) is 8.26. The van der Waals surface area contributed by atoms with Crippen LogP contribution in [0.15, 0.2) is 47.6 Å². The fourth-order valence-corrected chi connectivity index (χ4v) is 3.90. The zero-order valence-corrected chi connectivity index (χ0v) is 20.0. The van der Waals surface area contributed by atoms with Crippen LogP contribution in [0.2, 0.25) is 0 Å². The van der Waals surface area contributed by atoms with Gasteiger partial charge in [0.1, 0.15) is 11.9 Å². The molecule has 0 unspecified atom stereocenters. The number of aromatic nitrogens is 2. The Hall–Kier alpha value is -2.22. The molecule has 7 nitrogen and oxygen atoms in total. The van der Waals surface area contributed by atoms with Crippen molar-refractivity contribution in [2.24, 2.45) is 5.10 Å². The van der Waals surface area contributed by atoms with E-state index in [-0.39, 0.29) is 12.2 Å². The maximum atomic E-state index is 12.9. The van der Waals surface area contributed by atoms with Crippen LogP contribution in [0.3, 0.4) is 0 Å². The number of rotatable bonds is 5. The molecule has 148 valence electrons. The van der Waals surface area contributed by atoms with Gasteiger partial charge in [-0.05, 0) is 63.0 Å². The number of hydrogen-bond donors (Lipinski definition) is 0. The Labute approximate surface area is 191 Å². The fourth-order valence-electron chi connectivity index (χ4n) is 2.60. The summed E-state index contributed by atoms with van der Waals surface area (Å²) in [7, 11) is 1.50. The molecule has 0 N–H and O–H groups in total. The predicted octanol–water partition coefficient (Wildman–Crippen LogP) is 4.79. The number of hydrogen-bond acceptors (Lipinski definition) is 6. The van der Waals surface area contributed by atoms with Crippen molar-refractivity contribution in [3.8, 4) is 17.6 Å². The highest BCUT2D eigenvalue weighted by atomic mass is 79.9. The number of nitriles is 1. The average molecular weight is 585 g/mol. The molecule has 10 heteroatoms. The van der Waals surface area contributed by atoms with E-state index in [0.717, 1.165) is 4.47 Å². The van der Waals surface area contributed by atoms with Crippen molar-refractivity contribution in [1.82, 2.24) is 9.66 Å². The van der Waals surface area contributed by atoms with E-state index in [1.807, 2.05) is 12.1 Å². The first-order chi connectivity index (χ1) is 13.9. The maximum Gasteiger partial charge on any atom is 0.282 e. The summed E-state index contributed by atoms with van der Waals surface area (Å²) in [4.78, 5) is 17.3. The van der Waals surface area contributed by atoms with Crippen molar-refractivity contribution in [2.45, 2.75) is 6.92 Å². The van der Waals surface area contributed by atoms with Gasteiger partial charge >= 0.3 is 0 Å². The van der Waals surface area contributed by atoms with Gasteiger partial charge in [-0.15, -0.1) is 0 Å². The predicted molar refractivity (Wildman–Crippen MR) is 121 cm³/mol. The molecule has 0 aliphatic carbocycles. The largest absolute Gasteiger partial charge is 0.493 e. The first-order valence-corrected chi connectivity index (χ1v) is 10.5. The van der Waals surface area contributed by atoms with Crippen LogP contribution in [-0.2, 0) is 0 Å². The summed E-state index contributed by atoms with van der Waals surface area (Å²) in [6.45, 7) is 1.59. The Morgan fingerprint density at radius 2 is 2.03 bits per heavy atom. The van der Waals surface area contributed by atoms with E-state index in [1.165, 1.54) is 18.0 Å². The number of aryl methyl sites for hydroxylation is 1. The van der Waals surface area contributed by atoms with E-state index in [0.29, 0.717) is 42.7 Å². The third-order valence-electron chi connectivity index (χ3n) is 3.94. The number of nitrogens with zero attached hydrogens (tertiary/aromatic N) is 4. The van der Waals surface area contributed by atoms with Gasteiger partial charge in [0.05, 0.1) is 28.7 Å². The monoisotopic (exact) mass is 582 g/mol. The summed E-state index contributed by atoms with van der Waals surface area (Å²) in [5.74, 6) is 1.27. The molecular weight excluding hydrogens is 572 g/mol. The third-order valence-corrected chi connectivity index (χ3v) is 6.58. The standard InChI is InChI=1S/C19H13Br3N4O3/c1-10-25-14-4-3-12(20)8-13(14)19(27)26(10)24-9-11-7-15(28-2)18(29-6-5-23)17(22)16(11)21/h3-4,7-9H,6H2,1-2H3. The first-order valence-electron chi connectivity index (χ1n) is 8.16. The summed E-state index contributed by atoms with van der Waals surface area (Å²) < 4.78 is 14.0. The maximum absolute atomic E-state index is 12.9. The molecule has 0 aliphatic rings. The van der Waals surface area contributed by atoms with Crippen molar-refractivity contribution in [1.29, 1.82) is 5.26 Å². The van der Waals surface area contributed by atoms with Crippen LogP contribution in [0.5, 0.6) is 11.5 Å². The van der Waals surface area contributed by atoms with Gasteiger partial charge < -0.3 is 9.47 Å². The van der Waals surface area contributed by atoms with Crippen LogP contribution in [0.4, 0.5) is 0 Å². The molecule has 3 aromatic rings. The molecule has 0 radical (unpaired) electrons. The lowest BCUT2D eigenvalue weighted by molar-refractivity contribution is 0.327. The van der Waals surface area contributed by atoms with Crippen LogP contribution in [0.1, 0.15) is 11.4 Å². The van der Waals surface area contributed by atoms with Crippen LogP contribution >= 0.6 is 47.8 Å². The number of halogens is 3. The minimum absolute atomic E-state index is 0.123. The molecule has 0 spiro atoms. The van der Waals surface area contributed by atoms with Crippen LogP contribution < -0.4 is 15.0 Å². The summed E-state index contributed by atoms with van der Waals surface area (Å²) >= 11 is 10.3. The van der Waals surface area contributed by atoms with Crippen LogP contribution in [-0.4, -0.2) is 29.6 Å². The Morgan fingerprint density at radius 3 is 2.72 bits per heavy atom. The molecule has 0 amide bonds. The highest BCUT2D eigenvalue weighted by Crippen LogP contribution is 2.42. The van der Waals surface area contributed by atoms with E-state index < -0.39 is 0 Å². The van der Waals surface area contributed by atoms with E-state index in [2.05, 4.69) is 57.9 Å². The molecule has 2 aromatic carbocycles. The van der Waals surface area contributed by atoms with Crippen molar-refractivity contribution >= 4 is 64.9 Å². The Balaban J connectivity index is 2.10. The Kier molecular flexibility index (Phi) is 6.72. The third kappa shape index (κ3) is 4.37. The van der Waals surface area contributed by atoms with Crippen molar-refractivity contribution in [2.75, 3.05) is 13.7 Å². The molecule has 0 bridgehead atoms. The van der Waals surface area contributed by atoms with E-state index in [1.54, 1.807) is 25.1 Å². The van der Waals surface area contributed by atoms with Gasteiger partial charge in [-0.1, -0.05) is 15.9 Å². The number of fused-ring (bicyclic) bond motifs is 1. The summed E-state index contributed by atoms with van der Waals surface area (Å²) in [5, 5.41) is 13.5. The second kappa shape index (κ2) is 9.07. The summed E-state index contributed by atoms with van der Waals surface area (Å²) in [6, 6.07) is 8.93. The fraction of sp³-hybridized carbons (Fsp3) is 0.158. The lowest BCUT2D eigenvalue weighted by atomic mass is 10.2. The zero-order chi connectivity index (χ0) is 21.1. The lowest BCUT2D eigenvalue weighted by Gasteiger charge is -2.13. The minimum Gasteiger partial charge on any atom is -0.493 e. The Morgan fingerprint density at radius 1 is 1.28 bits per heavy atom. The van der Waals surface area contributed by atoms with Gasteiger partial charge in [-0.25, -0.2) is 4.98 Å². The smallest absolute Gasteiger partial charge is 0.282 e. The molecule has 0 saturated carbocycles. The quantitative estimate of drug-likeness (QED) is 0.403. The molecule has 1 heterocycles. The van der Waals surface area contributed by atoms with E-state index in [4.69, 9.17) is 14.7 Å². The Bertz CT molecular complexity index is 1230. The minimum atomic E-state index is -0.277. The first kappa shape index (κ1) is 21.5. The highest BCUT2D eigenvalue weighted by Gasteiger charge is 2.17. The van der Waals surface area contributed by atoms with Crippen LogP contribution in [0.25, 0.3) is 10.9 Å². The summed E-state index contributed by atoms with van der Waals surface area (Å²) in [5.41, 5.74) is 0.964. The van der Waals surface area contributed by atoms with Crippen LogP contribution in [0, 0.1) is 18.3 Å². The molecular formula is C19H13Br3N4O3. The molecule has 0 atom stereocenters. The van der Waals surface area contributed by atoms with E-state index in [9.17, 15) is 4.79 Å². The molecule has 0 aliphatic heterocycles. The number of benzene rings is 2. The molecule has 29 heavy (non-hydrogen) atoms. The van der Waals surface area contributed by atoms with E-state index >= 15 is 0 Å². The SMILES string of the molecule is COc1cc(C=Nn2c(C)nc3ccc(Br)cc3c2=O)c(Br)c(Br)c1OCC#N. The van der Waals surface area contributed by atoms with Gasteiger partial charge in [0.15, 0.2) is 18.1 Å². The van der Waals surface area contributed by atoms with Gasteiger partial charge in [0, 0.05) is 14.5 Å². The second-order valence-electron chi connectivity index (χ2n) is 5.75. The van der Waals surface area contributed by atoms with Gasteiger partial charge in [-0.2, -0.15) is 15.0 Å². The van der Waals surface area contributed by atoms with Crippen molar-refractivity contribution < 1.29 is 9.47 Å². The normalized spacial score (nSPS) is 11.0. The van der Waals surface area contributed by atoms with Gasteiger partial charge in [0.25, 0.3) is 5.56 Å². The molecule has 0 fully saturated rings. The molecule has 0 saturated heterocycles. The van der Waals surface area contributed by atoms with Gasteiger partial charge in [0.2, 0.25) is 0 Å².